The van der Waals surface area contributed by atoms with E-state index in [1.54, 1.807) is 0 Å². The Morgan fingerprint density at radius 3 is 2.35 bits per heavy atom. The van der Waals surface area contributed by atoms with Crippen LogP contribution >= 0.6 is 0 Å². The summed E-state index contributed by atoms with van der Waals surface area (Å²) in [5.41, 5.74) is -0.544. The molecule has 7 heteroatoms. The lowest BCUT2D eigenvalue weighted by Gasteiger charge is -2.65. The Kier molecular flexibility index (Phi) is 7.13. The van der Waals surface area contributed by atoms with Crippen LogP contribution < -0.4 is 0 Å². The van der Waals surface area contributed by atoms with Crippen LogP contribution in [0.25, 0.3) is 0 Å². The molecule has 0 aromatic rings. The highest BCUT2D eigenvalue weighted by molar-refractivity contribution is 5.69. The molecule has 4 saturated carbocycles. The van der Waals surface area contributed by atoms with Crippen molar-refractivity contribution in [3.63, 3.8) is 0 Å². The predicted molar refractivity (Wildman–Crippen MR) is 125 cm³/mol. The second kappa shape index (κ2) is 9.36. The maximum Gasteiger partial charge on any atom is 0.305 e. The Morgan fingerprint density at radius 2 is 1.71 bits per heavy atom. The number of methoxy groups -OCH3 is 1. The van der Waals surface area contributed by atoms with Gasteiger partial charge in [-0.2, -0.15) is 0 Å². The van der Waals surface area contributed by atoms with Gasteiger partial charge in [-0.3, -0.25) is 9.59 Å². The van der Waals surface area contributed by atoms with Crippen LogP contribution in [-0.4, -0.2) is 58.8 Å². The van der Waals surface area contributed by atoms with Gasteiger partial charge in [-0.25, -0.2) is 0 Å². The maximum absolute atomic E-state index is 12.2. The molecule has 34 heavy (non-hydrogen) atoms. The summed E-state index contributed by atoms with van der Waals surface area (Å²) < 4.78 is 10.9. The summed E-state index contributed by atoms with van der Waals surface area (Å²) in [7, 11) is 1.41. The van der Waals surface area contributed by atoms with Gasteiger partial charge in [0, 0.05) is 18.8 Å². The number of esters is 2. The van der Waals surface area contributed by atoms with Crippen molar-refractivity contribution in [1.29, 1.82) is 0 Å². The lowest BCUT2D eigenvalue weighted by Crippen LogP contribution is -2.67. The van der Waals surface area contributed by atoms with Gasteiger partial charge in [0.05, 0.1) is 25.4 Å². The molecule has 4 aliphatic rings. The zero-order chi connectivity index (χ0) is 25.0. The second-order valence-electron chi connectivity index (χ2n) is 12.3. The zero-order valence-corrected chi connectivity index (χ0v) is 21.4. The fourth-order valence-electron chi connectivity index (χ4n) is 9.17. The van der Waals surface area contributed by atoms with Gasteiger partial charge in [-0.05, 0) is 85.9 Å². The smallest absolute Gasteiger partial charge is 0.305 e. The normalized spacial score (nSPS) is 48.8. The number of carbonyl (C=O) groups is 2. The highest BCUT2D eigenvalue weighted by Crippen LogP contribution is 2.69. The summed E-state index contributed by atoms with van der Waals surface area (Å²) in [6.07, 6.45) is 3.21. The van der Waals surface area contributed by atoms with Gasteiger partial charge in [-0.15, -0.1) is 0 Å². The summed E-state index contributed by atoms with van der Waals surface area (Å²) in [4.78, 5) is 24.0. The van der Waals surface area contributed by atoms with Crippen molar-refractivity contribution in [2.75, 3.05) is 7.11 Å². The first kappa shape index (κ1) is 25.9. The third-order valence-corrected chi connectivity index (χ3v) is 10.9. The van der Waals surface area contributed by atoms with Gasteiger partial charge in [0.2, 0.25) is 0 Å². The average Bonchev–Trinajstić information content (AvgIpc) is 3.15. The van der Waals surface area contributed by atoms with Gasteiger partial charge in [0.25, 0.3) is 0 Å². The highest BCUT2D eigenvalue weighted by Gasteiger charge is 2.68. The van der Waals surface area contributed by atoms with Gasteiger partial charge < -0.3 is 24.8 Å². The molecule has 4 aliphatic carbocycles. The second-order valence-corrected chi connectivity index (χ2v) is 12.3. The molecule has 0 amide bonds. The SMILES string of the molecule is COC(=O)CCC(C)C1CCC2C3C(O)C(O)C4CC(O)CC[C@]4(C)C3CC(OC(C)=O)[C@]12C. The molecule has 0 radical (unpaired) electrons. The predicted octanol–water partition coefficient (Wildman–Crippen LogP) is 3.08. The molecule has 0 spiro atoms. The van der Waals surface area contributed by atoms with E-state index in [0.717, 1.165) is 19.3 Å². The van der Waals surface area contributed by atoms with Crippen LogP contribution in [0.4, 0.5) is 0 Å². The number of aliphatic hydroxyl groups excluding tert-OH is 3. The van der Waals surface area contributed by atoms with Crippen molar-refractivity contribution >= 4 is 11.9 Å². The fourth-order valence-corrected chi connectivity index (χ4v) is 9.17. The number of aliphatic hydroxyl groups is 3. The number of rotatable bonds is 5. The maximum atomic E-state index is 12.2. The van der Waals surface area contributed by atoms with Gasteiger partial charge in [0.1, 0.15) is 6.10 Å². The van der Waals surface area contributed by atoms with E-state index in [0.29, 0.717) is 32.1 Å². The van der Waals surface area contributed by atoms with E-state index in [-0.39, 0.29) is 64.4 Å². The zero-order valence-electron chi connectivity index (χ0n) is 21.4. The Morgan fingerprint density at radius 1 is 1.00 bits per heavy atom. The Labute approximate surface area is 203 Å². The third kappa shape index (κ3) is 4.00. The molecule has 0 aliphatic heterocycles. The minimum atomic E-state index is -0.855. The number of carbonyl (C=O) groups excluding carboxylic acids is 2. The molecule has 7 nitrogen and oxygen atoms in total. The molecule has 12 atom stereocenters. The number of fused-ring (bicyclic) bond motifs is 5. The van der Waals surface area contributed by atoms with E-state index in [1.807, 2.05) is 0 Å². The molecule has 0 saturated heterocycles. The quantitative estimate of drug-likeness (QED) is 0.518. The summed E-state index contributed by atoms with van der Waals surface area (Å²) >= 11 is 0. The minimum Gasteiger partial charge on any atom is -0.469 e. The van der Waals surface area contributed by atoms with E-state index < -0.39 is 18.3 Å². The van der Waals surface area contributed by atoms with E-state index in [2.05, 4.69) is 20.8 Å². The van der Waals surface area contributed by atoms with Crippen molar-refractivity contribution < 1.29 is 34.4 Å². The van der Waals surface area contributed by atoms with Crippen molar-refractivity contribution in [2.24, 2.45) is 46.3 Å². The lowest BCUT2D eigenvalue weighted by molar-refractivity contribution is -0.247. The third-order valence-electron chi connectivity index (χ3n) is 10.9. The number of ether oxygens (including phenoxy) is 2. The molecule has 0 aromatic carbocycles. The minimum absolute atomic E-state index is 0.0684. The largest absolute Gasteiger partial charge is 0.469 e. The highest BCUT2D eigenvalue weighted by atomic mass is 16.5. The van der Waals surface area contributed by atoms with Gasteiger partial charge in [-0.1, -0.05) is 20.8 Å². The molecule has 0 aromatic heterocycles. The first-order valence-electron chi connectivity index (χ1n) is 13.2. The van der Waals surface area contributed by atoms with Gasteiger partial charge >= 0.3 is 11.9 Å². The molecule has 4 fully saturated rings. The van der Waals surface area contributed by atoms with Crippen LogP contribution in [0.5, 0.6) is 0 Å². The molecular weight excluding hydrogens is 436 g/mol. The summed E-state index contributed by atoms with van der Waals surface area (Å²) in [6.45, 7) is 8.07. The topological polar surface area (TPSA) is 113 Å². The van der Waals surface area contributed by atoms with Crippen LogP contribution in [0.2, 0.25) is 0 Å². The van der Waals surface area contributed by atoms with E-state index >= 15 is 0 Å². The first-order chi connectivity index (χ1) is 15.9. The van der Waals surface area contributed by atoms with Crippen molar-refractivity contribution in [1.82, 2.24) is 0 Å². The summed E-state index contributed by atoms with van der Waals surface area (Å²) in [5.74, 6) is 0.0000754. The Bertz CT molecular complexity index is 785. The van der Waals surface area contributed by atoms with E-state index in [1.165, 1.54) is 14.0 Å². The summed E-state index contributed by atoms with van der Waals surface area (Å²) in [5, 5.41) is 33.1. The summed E-state index contributed by atoms with van der Waals surface area (Å²) in [6, 6.07) is 0. The molecule has 194 valence electrons. The monoisotopic (exact) mass is 480 g/mol. The van der Waals surface area contributed by atoms with Gasteiger partial charge in [0.15, 0.2) is 0 Å². The molecule has 10 unspecified atom stereocenters. The molecule has 3 N–H and O–H groups in total. The lowest BCUT2D eigenvalue weighted by atomic mass is 9.42. The van der Waals surface area contributed by atoms with E-state index in [9.17, 15) is 24.9 Å². The fraction of sp³-hybridized carbons (Fsp3) is 0.926. The Balaban J connectivity index is 1.69. The van der Waals surface area contributed by atoms with Crippen molar-refractivity contribution in [2.45, 2.75) is 103 Å². The molecule has 0 heterocycles. The van der Waals surface area contributed by atoms with Crippen LogP contribution in [-0.2, 0) is 19.1 Å². The molecular formula is C27H44O7. The number of hydrogen-bond acceptors (Lipinski definition) is 7. The molecule has 4 rings (SSSR count). The standard InChI is InChI=1S/C27H44O7/c1-14(6-9-22(30)33-5)17-7-8-18-23-19(13-21(27(17,18)4)34-15(2)28)26(3)11-10-16(29)12-20(26)24(31)25(23)32/h14,16-21,23-25,29,31-32H,6-13H2,1-5H3/t14?,16?,17?,18?,19?,20?,21?,23?,24?,25?,26-,27-/m1/s1. The number of hydrogen-bond donors (Lipinski definition) is 3. The van der Waals surface area contributed by atoms with Crippen LogP contribution in [0.15, 0.2) is 0 Å². The average molecular weight is 481 g/mol. The van der Waals surface area contributed by atoms with Crippen molar-refractivity contribution in [3.05, 3.63) is 0 Å². The van der Waals surface area contributed by atoms with Crippen molar-refractivity contribution in [3.8, 4) is 0 Å². The van der Waals surface area contributed by atoms with Crippen LogP contribution in [0, 0.1) is 46.3 Å². The molecule has 0 bridgehead atoms. The van der Waals surface area contributed by atoms with Crippen LogP contribution in [0.3, 0.4) is 0 Å². The Hall–Kier alpha value is -1.18. The van der Waals surface area contributed by atoms with Crippen LogP contribution in [0.1, 0.15) is 79.1 Å². The first-order valence-corrected chi connectivity index (χ1v) is 13.2. The van der Waals surface area contributed by atoms with E-state index in [4.69, 9.17) is 9.47 Å².